The Labute approximate surface area is 155 Å². The average molecular weight is 336 g/mol. The van der Waals surface area contributed by atoms with E-state index in [0.29, 0.717) is 4.48 Å². The molecule has 0 bridgehead atoms. The van der Waals surface area contributed by atoms with E-state index in [1.165, 1.54) is 22.6 Å². The molecule has 0 fully saturated rings. The van der Waals surface area contributed by atoms with Crippen molar-refractivity contribution in [2.45, 2.75) is 6.54 Å². The molecule has 26 heavy (non-hydrogen) atoms. The summed E-state index contributed by atoms with van der Waals surface area (Å²) in [5, 5.41) is 0. The van der Waals surface area contributed by atoms with Crippen LogP contribution in [0.1, 0.15) is 5.56 Å². The van der Waals surface area contributed by atoms with Gasteiger partial charge in [-0.2, -0.15) is 0 Å². The predicted molar refractivity (Wildman–Crippen MR) is 111 cm³/mol. The van der Waals surface area contributed by atoms with E-state index in [-0.39, 0.29) is 0 Å². The summed E-state index contributed by atoms with van der Waals surface area (Å²) >= 11 is 0. The van der Waals surface area contributed by atoms with E-state index in [4.69, 9.17) is 0 Å². The molecule has 4 rings (SSSR count). The Bertz CT molecular complexity index is 836. The summed E-state index contributed by atoms with van der Waals surface area (Å²) < 4.78 is 0.659. The van der Waals surface area contributed by atoms with E-state index >= 15 is 0 Å². The number of quaternary nitrogens is 1. The fraction of sp³-hybridized carbons (Fsp3) is 0.0400. The first-order valence-electron chi connectivity index (χ1n) is 8.98. The van der Waals surface area contributed by atoms with Crippen LogP contribution in [0.2, 0.25) is 0 Å². The highest BCUT2D eigenvalue weighted by Gasteiger charge is 2.36. The molecular weight excluding hydrogens is 314 g/mol. The van der Waals surface area contributed by atoms with Gasteiger partial charge >= 0.3 is 0 Å². The van der Waals surface area contributed by atoms with Gasteiger partial charge < -0.3 is 0 Å². The molecule has 0 atom stereocenters. The molecule has 4 aromatic carbocycles. The minimum Gasteiger partial charge on any atom is -0.223 e. The van der Waals surface area contributed by atoms with Crippen LogP contribution in [0.3, 0.4) is 0 Å². The molecule has 0 heterocycles. The maximum absolute atomic E-state index is 2.23. The lowest BCUT2D eigenvalue weighted by atomic mass is 10.1. The topological polar surface area (TPSA) is 0 Å². The molecule has 0 unspecified atom stereocenters. The van der Waals surface area contributed by atoms with E-state index in [0.717, 1.165) is 6.54 Å². The van der Waals surface area contributed by atoms with Crippen molar-refractivity contribution in [1.29, 1.82) is 0 Å². The maximum atomic E-state index is 2.23. The molecule has 0 radical (unpaired) electrons. The second kappa shape index (κ2) is 7.38. The van der Waals surface area contributed by atoms with Gasteiger partial charge in [0.05, 0.1) is 0 Å². The first-order valence-corrected chi connectivity index (χ1v) is 8.98. The molecular formula is C25H22N+. The van der Waals surface area contributed by atoms with Crippen LogP contribution in [0, 0.1) is 0 Å². The van der Waals surface area contributed by atoms with Crippen LogP contribution < -0.4 is 4.48 Å². The Kier molecular flexibility index (Phi) is 4.63. The van der Waals surface area contributed by atoms with Crippen molar-refractivity contribution in [3.63, 3.8) is 0 Å². The molecule has 0 saturated heterocycles. The second-order valence-corrected chi connectivity index (χ2v) is 6.46. The third kappa shape index (κ3) is 3.05. The fourth-order valence-electron chi connectivity index (χ4n) is 3.63. The van der Waals surface area contributed by atoms with Crippen molar-refractivity contribution >= 4 is 17.1 Å². The molecule has 0 aromatic heterocycles. The first-order chi connectivity index (χ1) is 12.9. The van der Waals surface area contributed by atoms with Crippen molar-refractivity contribution in [3.8, 4) is 0 Å². The number of hydrogen-bond donors (Lipinski definition) is 0. The average Bonchev–Trinajstić information content (AvgIpc) is 2.75. The third-order valence-corrected chi connectivity index (χ3v) is 4.85. The first kappa shape index (κ1) is 16.3. The summed E-state index contributed by atoms with van der Waals surface area (Å²) in [4.78, 5) is 0. The number of hydrogen-bond acceptors (Lipinski definition) is 0. The zero-order valence-electron chi connectivity index (χ0n) is 14.7. The highest BCUT2D eigenvalue weighted by molar-refractivity contribution is 5.70. The highest BCUT2D eigenvalue weighted by Crippen LogP contribution is 2.45. The molecule has 1 nitrogen and oxygen atoms in total. The SMILES string of the molecule is c1ccc(C[N+](c2ccccc2)(c2ccccc2)c2ccccc2)cc1. The van der Waals surface area contributed by atoms with Gasteiger partial charge in [0, 0.05) is 5.56 Å². The zero-order valence-corrected chi connectivity index (χ0v) is 14.7. The van der Waals surface area contributed by atoms with Gasteiger partial charge in [-0.1, -0.05) is 84.9 Å². The molecule has 0 aliphatic heterocycles. The van der Waals surface area contributed by atoms with E-state index in [1.54, 1.807) is 0 Å². The molecule has 0 aliphatic carbocycles. The van der Waals surface area contributed by atoms with Crippen LogP contribution >= 0.6 is 0 Å². The Morgan fingerprint density at radius 2 is 0.692 bits per heavy atom. The Balaban J connectivity index is 2.00. The second-order valence-electron chi connectivity index (χ2n) is 6.46. The standard InChI is InChI=1S/C25H22N/c1-5-13-22(14-6-1)21-26(23-15-7-2-8-16-23,24-17-9-3-10-18-24)25-19-11-4-12-20-25/h1-20H,21H2/q+1. The smallest absolute Gasteiger partial charge is 0.143 e. The summed E-state index contributed by atoms with van der Waals surface area (Å²) in [6.07, 6.45) is 0. The Hall–Kier alpha value is -3.16. The van der Waals surface area contributed by atoms with Crippen LogP contribution in [0.5, 0.6) is 0 Å². The minimum atomic E-state index is 0.659. The normalized spacial score (nSPS) is 11.2. The van der Waals surface area contributed by atoms with Gasteiger partial charge in [0.15, 0.2) is 0 Å². The van der Waals surface area contributed by atoms with E-state index in [1.807, 2.05) is 0 Å². The molecule has 0 aliphatic rings. The third-order valence-electron chi connectivity index (χ3n) is 4.85. The van der Waals surface area contributed by atoms with Gasteiger partial charge in [-0.05, 0) is 36.4 Å². The summed E-state index contributed by atoms with van der Waals surface area (Å²) in [7, 11) is 0. The van der Waals surface area contributed by atoms with Crippen LogP contribution in [0.25, 0.3) is 0 Å². The van der Waals surface area contributed by atoms with E-state index in [2.05, 4.69) is 121 Å². The Morgan fingerprint density at radius 1 is 0.385 bits per heavy atom. The van der Waals surface area contributed by atoms with Gasteiger partial charge in [0.25, 0.3) is 0 Å². The van der Waals surface area contributed by atoms with Crippen LogP contribution in [0.4, 0.5) is 17.1 Å². The van der Waals surface area contributed by atoms with Crippen LogP contribution in [-0.4, -0.2) is 0 Å². The lowest BCUT2D eigenvalue weighted by molar-refractivity contribution is 0.512. The van der Waals surface area contributed by atoms with Crippen molar-refractivity contribution in [1.82, 2.24) is 4.48 Å². The van der Waals surface area contributed by atoms with Crippen LogP contribution in [0.15, 0.2) is 121 Å². The summed E-state index contributed by atoms with van der Waals surface area (Å²) in [5.41, 5.74) is 5.08. The molecule has 4 aromatic rings. The molecule has 0 saturated carbocycles. The Morgan fingerprint density at radius 3 is 1.04 bits per heavy atom. The van der Waals surface area contributed by atoms with Crippen molar-refractivity contribution in [3.05, 3.63) is 127 Å². The zero-order chi connectivity index (χ0) is 17.7. The predicted octanol–water partition coefficient (Wildman–Crippen LogP) is 6.86. The van der Waals surface area contributed by atoms with Gasteiger partial charge in [-0.3, -0.25) is 0 Å². The molecule has 0 spiro atoms. The highest BCUT2D eigenvalue weighted by atomic mass is 15.4. The van der Waals surface area contributed by atoms with Gasteiger partial charge in [0.2, 0.25) is 0 Å². The molecule has 0 amide bonds. The number of rotatable bonds is 5. The molecule has 126 valence electrons. The fourth-order valence-corrected chi connectivity index (χ4v) is 3.63. The minimum absolute atomic E-state index is 0.659. The van der Waals surface area contributed by atoms with E-state index in [9.17, 15) is 0 Å². The van der Waals surface area contributed by atoms with Crippen molar-refractivity contribution < 1.29 is 0 Å². The molecule has 1 heteroatoms. The lowest BCUT2D eigenvalue weighted by Crippen LogP contribution is -2.38. The number of nitrogens with zero attached hydrogens (tertiary/aromatic N) is 1. The van der Waals surface area contributed by atoms with Crippen molar-refractivity contribution in [2.24, 2.45) is 0 Å². The number of para-hydroxylation sites is 3. The quantitative estimate of drug-likeness (QED) is 0.349. The van der Waals surface area contributed by atoms with Gasteiger partial charge in [0.1, 0.15) is 23.6 Å². The monoisotopic (exact) mass is 336 g/mol. The van der Waals surface area contributed by atoms with Gasteiger partial charge in [-0.15, -0.1) is 0 Å². The lowest BCUT2D eigenvalue weighted by Gasteiger charge is -2.37. The van der Waals surface area contributed by atoms with Gasteiger partial charge in [-0.25, -0.2) is 4.48 Å². The summed E-state index contributed by atoms with van der Waals surface area (Å²) in [5.74, 6) is 0. The van der Waals surface area contributed by atoms with Crippen molar-refractivity contribution in [2.75, 3.05) is 0 Å². The summed E-state index contributed by atoms with van der Waals surface area (Å²) in [6.45, 7) is 0.860. The molecule has 0 N–H and O–H groups in total. The largest absolute Gasteiger partial charge is 0.223 e. The maximum Gasteiger partial charge on any atom is 0.143 e. The summed E-state index contributed by atoms with van der Waals surface area (Å²) in [6, 6.07) is 43.1. The van der Waals surface area contributed by atoms with E-state index < -0.39 is 0 Å². The van der Waals surface area contributed by atoms with Crippen LogP contribution in [-0.2, 0) is 6.54 Å². The number of benzene rings is 4.